The Labute approximate surface area is 77.8 Å². The molecule has 0 bridgehead atoms. The van der Waals surface area contributed by atoms with Crippen molar-refractivity contribution in [1.29, 1.82) is 0 Å². The number of hydrogen-bond donors (Lipinski definition) is 0. The molecule has 0 aromatic rings. The first-order chi connectivity index (χ1) is 5.88. The lowest BCUT2D eigenvalue weighted by molar-refractivity contribution is -0.127. The van der Waals surface area contributed by atoms with Crippen LogP contribution in [-0.4, -0.2) is 45.2 Å². The van der Waals surface area contributed by atoms with Crippen LogP contribution in [0.3, 0.4) is 0 Å². The van der Waals surface area contributed by atoms with Crippen molar-refractivity contribution >= 4 is 15.9 Å². The Hall–Kier alpha value is -0.460. The van der Waals surface area contributed by atoms with E-state index in [0.29, 0.717) is 13.0 Å². The van der Waals surface area contributed by atoms with Gasteiger partial charge < -0.3 is 0 Å². The number of likely N-dealkylation sites (tertiary alicyclic amines) is 1. The van der Waals surface area contributed by atoms with E-state index in [1.165, 1.54) is 0 Å². The molecule has 1 rings (SSSR count). The van der Waals surface area contributed by atoms with Crippen LogP contribution in [0.2, 0.25) is 0 Å². The maximum absolute atomic E-state index is 11.0. The molecule has 1 aliphatic rings. The zero-order chi connectivity index (χ0) is 10.1. The number of ketones is 1. The zero-order valence-electron chi connectivity index (χ0n) is 7.69. The van der Waals surface area contributed by atoms with Crippen molar-refractivity contribution in [3.63, 3.8) is 0 Å². The first-order valence-corrected chi connectivity index (χ1v) is 5.80. The lowest BCUT2D eigenvalue weighted by Gasteiger charge is -2.30. The molecule has 0 radical (unpaired) electrons. The number of nitrogens with zero attached hydrogens (tertiary/aromatic N) is 1. The van der Waals surface area contributed by atoms with E-state index < -0.39 is 16.3 Å². The lowest BCUT2D eigenvalue weighted by atomic mass is 10.1. The fraction of sp³-hybridized carbons (Fsp3) is 0.857. The number of piperidine rings is 1. The highest BCUT2D eigenvalue weighted by Gasteiger charge is 2.27. The van der Waals surface area contributed by atoms with Gasteiger partial charge in [0.2, 0.25) is 0 Å². The van der Waals surface area contributed by atoms with Gasteiger partial charge in [0.1, 0.15) is 12.0 Å². The largest absolute Gasteiger partial charge is 0.299 e. The number of hydrogen-bond acceptors (Lipinski definition) is 5. The van der Waals surface area contributed by atoms with Crippen molar-refractivity contribution in [3.05, 3.63) is 0 Å². The van der Waals surface area contributed by atoms with Gasteiger partial charge in [0, 0.05) is 19.4 Å². The second-order valence-corrected chi connectivity index (χ2v) is 4.83. The van der Waals surface area contributed by atoms with Crippen molar-refractivity contribution in [2.75, 3.05) is 19.8 Å². The fourth-order valence-corrected chi connectivity index (χ4v) is 1.83. The van der Waals surface area contributed by atoms with Gasteiger partial charge in [-0.25, -0.2) is 0 Å². The number of carbonyl (C=O) groups excluding carboxylic acids is 1. The summed E-state index contributed by atoms with van der Waals surface area (Å²) in [6, 6.07) is 0. The van der Waals surface area contributed by atoms with E-state index in [1.54, 1.807) is 11.9 Å². The van der Waals surface area contributed by atoms with Crippen molar-refractivity contribution < 1.29 is 17.4 Å². The molecule has 0 N–H and O–H groups in total. The van der Waals surface area contributed by atoms with Crippen molar-refractivity contribution in [3.8, 4) is 0 Å². The highest BCUT2D eigenvalue weighted by atomic mass is 32.2. The van der Waals surface area contributed by atoms with Crippen LogP contribution in [0.15, 0.2) is 0 Å². The van der Waals surface area contributed by atoms with Gasteiger partial charge in [0.15, 0.2) is 0 Å². The molecule has 0 aromatic heterocycles. The average Bonchev–Trinajstić information content (AvgIpc) is 1.94. The molecule has 1 heterocycles. The van der Waals surface area contributed by atoms with E-state index in [1.807, 2.05) is 0 Å². The minimum Gasteiger partial charge on any atom is -0.299 e. The summed E-state index contributed by atoms with van der Waals surface area (Å²) in [5, 5.41) is 0. The van der Waals surface area contributed by atoms with Gasteiger partial charge in [-0.2, -0.15) is 8.42 Å². The number of rotatable bonds is 2. The Balaban J connectivity index is 2.62. The average molecular weight is 207 g/mol. The lowest BCUT2D eigenvalue weighted by Crippen LogP contribution is -2.42. The van der Waals surface area contributed by atoms with Crippen LogP contribution < -0.4 is 0 Å². The van der Waals surface area contributed by atoms with Crippen LogP contribution in [0.4, 0.5) is 0 Å². The van der Waals surface area contributed by atoms with Crippen LogP contribution >= 0.6 is 0 Å². The molecule has 0 spiro atoms. The Bertz CT molecular complexity index is 298. The maximum atomic E-state index is 11.0. The second-order valence-electron chi connectivity index (χ2n) is 3.23. The van der Waals surface area contributed by atoms with E-state index in [0.717, 1.165) is 6.26 Å². The maximum Gasteiger partial charge on any atom is 0.265 e. The molecule has 1 fully saturated rings. The molecular weight excluding hydrogens is 194 g/mol. The Morgan fingerprint density at radius 3 is 2.69 bits per heavy atom. The zero-order valence-corrected chi connectivity index (χ0v) is 8.50. The van der Waals surface area contributed by atoms with Crippen LogP contribution in [0.1, 0.15) is 12.8 Å². The third-order valence-corrected chi connectivity index (χ3v) is 2.49. The van der Waals surface area contributed by atoms with Crippen LogP contribution in [0.25, 0.3) is 0 Å². The molecule has 1 atom stereocenters. The Morgan fingerprint density at radius 2 is 2.15 bits per heavy atom. The van der Waals surface area contributed by atoms with Gasteiger partial charge >= 0.3 is 0 Å². The highest BCUT2D eigenvalue weighted by Crippen LogP contribution is 2.14. The molecule has 0 amide bonds. The summed E-state index contributed by atoms with van der Waals surface area (Å²) in [4.78, 5) is 12.7. The summed E-state index contributed by atoms with van der Waals surface area (Å²) >= 11 is 0. The molecule has 1 saturated heterocycles. The summed E-state index contributed by atoms with van der Waals surface area (Å²) in [6.07, 6.45) is 1.00. The van der Waals surface area contributed by atoms with Crippen molar-refractivity contribution in [1.82, 2.24) is 4.90 Å². The van der Waals surface area contributed by atoms with E-state index >= 15 is 0 Å². The summed E-state index contributed by atoms with van der Waals surface area (Å²) in [5.41, 5.74) is 0. The topological polar surface area (TPSA) is 63.7 Å². The first-order valence-electron chi connectivity index (χ1n) is 3.99. The summed E-state index contributed by atoms with van der Waals surface area (Å²) < 4.78 is 26.3. The normalized spacial score (nSPS) is 26.3. The van der Waals surface area contributed by atoms with Gasteiger partial charge in [-0.15, -0.1) is 0 Å². The minimum absolute atomic E-state index is 0.0479. The standard InChI is InChI=1S/C7H13NO4S/c1-8-4-3-6(9)5-7(8)12-13(2,10)11/h7H,3-5H2,1-2H3. The number of carbonyl (C=O) groups is 1. The Morgan fingerprint density at radius 1 is 1.54 bits per heavy atom. The van der Waals surface area contributed by atoms with E-state index in [4.69, 9.17) is 4.18 Å². The smallest absolute Gasteiger partial charge is 0.265 e. The van der Waals surface area contributed by atoms with Gasteiger partial charge in [0.25, 0.3) is 10.1 Å². The first kappa shape index (κ1) is 10.6. The van der Waals surface area contributed by atoms with Crippen LogP contribution in [-0.2, 0) is 19.1 Å². The summed E-state index contributed by atoms with van der Waals surface area (Å²) in [6.45, 7) is 0.555. The molecule has 6 heteroatoms. The predicted octanol–water partition coefficient (Wildman–Crippen LogP) is -0.417. The van der Waals surface area contributed by atoms with Gasteiger partial charge in [-0.05, 0) is 7.05 Å². The second kappa shape index (κ2) is 3.73. The monoisotopic (exact) mass is 207 g/mol. The molecule has 1 unspecified atom stereocenters. The molecule has 1 aliphatic heterocycles. The fourth-order valence-electron chi connectivity index (χ4n) is 1.21. The van der Waals surface area contributed by atoms with Crippen LogP contribution in [0, 0.1) is 0 Å². The van der Waals surface area contributed by atoms with Crippen molar-refractivity contribution in [2.24, 2.45) is 0 Å². The SMILES string of the molecule is CN1CCC(=O)CC1OS(C)(=O)=O. The van der Waals surface area contributed by atoms with E-state index in [-0.39, 0.29) is 12.2 Å². The van der Waals surface area contributed by atoms with Gasteiger partial charge in [-0.3, -0.25) is 13.9 Å². The molecule has 13 heavy (non-hydrogen) atoms. The molecule has 0 aliphatic carbocycles. The minimum atomic E-state index is -3.47. The molecule has 0 aromatic carbocycles. The molecule has 76 valence electrons. The molecular formula is C7H13NO4S. The predicted molar refractivity (Wildman–Crippen MR) is 46.6 cm³/mol. The molecule has 0 saturated carbocycles. The number of Topliss-reactive ketones (excluding diaryl/α,β-unsaturated/α-hetero) is 1. The van der Waals surface area contributed by atoms with E-state index in [9.17, 15) is 13.2 Å². The molecule has 5 nitrogen and oxygen atoms in total. The third-order valence-electron chi connectivity index (χ3n) is 1.92. The van der Waals surface area contributed by atoms with Gasteiger partial charge in [0.05, 0.1) is 6.26 Å². The highest BCUT2D eigenvalue weighted by molar-refractivity contribution is 7.86. The van der Waals surface area contributed by atoms with Gasteiger partial charge in [-0.1, -0.05) is 0 Å². The third kappa shape index (κ3) is 3.41. The Kier molecular flexibility index (Phi) is 3.05. The van der Waals surface area contributed by atoms with Crippen LogP contribution in [0.5, 0.6) is 0 Å². The quantitative estimate of drug-likeness (QED) is 0.576. The van der Waals surface area contributed by atoms with E-state index in [2.05, 4.69) is 0 Å². The summed E-state index contributed by atoms with van der Waals surface area (Å²) in [5.74, 6) is 0.0479. The summed E-state index contributed by atoms with van der Waals surface area (Å²) in [7, 11) is -1.74. The van der Waals surface area contributed by atoms with Crippen molar-refractivity contribution in [2.45, 2.75) is 19.1 Å².